The van der Waals surface area contributed by atoms with Crippen LogP contribution in [0.25, 0.3) is 0 Å². The highest BCUT2D eigenvalue weighted by atomic mass is 79.9. The molecule has 82 valence electrons. The summed E-state index contributed by atoms with van der Waals surface area (Å²) in [5.74, 6) is -0.387. The van der Waals surface area contributed by atoms with Crippen LogP contribution in [0.5, 0.6) is 0 Å². The minimum atomic E-state index is -2.74. The molecular formula is C10H11BrFNOS. The Morgan fingerprint density at radius 2 is 2.13 bits per heavy atom. The second kappa shape index (κ2) is 3.87. The van der Waals surface area contributed by atoms with E-state index in [1.807, 2.05) is 0 Å². The molecule has 0 aliphatic heterocycles. The van der Waals surface area contributed by atoms with Crippen LogP contribution in [0.2, 0.25) is 0 Å². The summed E-state index contributed by atoms with van der Waals surface area (Å²) in [5.41, 5.74) is 0. The van der Waals surface area contributed by atoms with Gasteiger partial charge in [-0.2, -0.15) is 0 Å². The number of hydrogen-bond donors (Lipinski definition) is 1. The molecule has 0 saturated heterocycles. The lowest BCUT2D eigenvalue weighted by Gasteiger charge is -2.27. The van der Waals surface area contributed by atoms with Crippen LogP contribution in [0.4, 0.5) is 4.39 Å². The van der Waals surface area contributed by atoms with Crippen LogP contribution >= 0.6 is 15.9 Å². The second-order valence-electron chi connectivity index (χ2n) is 3.73. The maximum atomic E-state index is 13.0. The van der Waals surface area contributed by atoms with E-state index >= 15 is 0 Å². The fourth-order valence-corrected chi connectivity index (χ4v) is 4.04. The normalized spacial score (nSPS) is 20.7. The van der Waals surface area contributed by atoms with E-state index in [0.717, 1.165) is 19.3 Å². The van der Waals surface area contributed by atoms with Crippen molar-refractivity contribution in [1.82, 2.24) is 0 Å². The van der Waals surface area contributed by atoms with Gasteiger partial charge in [-0.1, -0.05) is 6.42 Å². The number of hydrogen-bond acceptors (Lipinski definition) is 2. The van der Waals surface area contributed by atoms with Gasteiger partial charge in [-0.3, -0.25) is 0 Å². The zero-order valence-electron chi connectivity index (χ0n) is 8.00. The first-order valence-corrected chi connectivity index (χ1v) is 7.16. The number of nitrogens with one attached hydrogen (secondary N) is 1. The van der Waals surface area contributed by atoms with Gasteiger partial charge in [0.2, 0.25) is 0 Å². The lowest BCUT2D eigenvalue weighted by atomic mass is 10.00. The first-order valence-electron chi connectivity index (χ1n) is 4.74. The van der Waals surface area contributed by atoms with Crippen LogP contribution < -0.4 is 0 Å². The molecular weight excluding hydrogens is 281 g/mol. The average molecular weight is 292 g/mol. The van der Waals surface area contributed by atoms with Gasteiger partial charge in [0.25, 0.3) is 0 Å². The molecule has 0 bridgehead atoms. The molecule has 0 amide bonds. The Balaban J connectivity index is 2.40. The van der Waals surface area contributed by atoms with Crippen LogP contribution in [0.15, 0.2) is 27.6 Å². The van der Waals surface area contributed by atoms with E-state index < -0.39 is 9.73 Å². The highest BCUT2D eigenvalue weighted by Crippen LogP contribution is 2.32. The van der Waals surface area contributed by atoms with Crippen molar-refractivity contribution >= 4 is 25.7 Å². The molecule has 1 N–H and O–H groups in total. The van der Waals surface area contributed by atoms with Gasteiger partial charge in [0.05, 0.1) is 14.2 Å². The fourth-order valence-electron chi connectivity index (χ4n) is 1.56. The lowest BCUT2D eigenvalue weighted by Crippen LogP contribution is -2.27. The van der Waals surface area contributed by atoms with Crippen molar-refractivity contribution in [1.29, 1.82) is 4.78 Å². The molecule has 0 aromatic heterocycles. The predicted molar refractivity (Wildman–Crippen MR) is 60.9 cm³/mol. The molecule has 1 atom stereocenters. The Bertz CT molecular complexity index is 482. The van der Waals surface area contributed by atoms with Crippen molar-refractivity contribution < 1.29 is 8.60 Å². The largest absolute Gasteiger partial charge is 0.249 e. The van der Waals surface area contributed by atoms with Crippen molar-refractivity contribution in [2.24, 2.45) is 0 Å². The molecule has 0 radical (unpaired) electrons. The molecule has 15 heavy (non-hydrogen) atoms. The molecule has 0 heterocycles. The number of rotatable bonds is 2. The molecule has 1 saturated carbocycles. The molecule has 5 heteroatoms. The zero-order chi connectivity index (χ0) is 11.1. The van der Waals surface area contributed by atoms with Gasteiger partial charge in [-0.25, -0.2) is 13.4 Å². The Morgan fingerprint density at radius 1 is 1.47 bits per heavy atom. The molecule has 2 nitrogen and oxygen atoms in total. The van der Waals surface area contributed by atoms with Crippen molar-refractivity contribution in [2.45, 2.75) is 29.4 Å². The highest BCUT2D eigenvalue weighted by Gasteiger charge is 2.29. The van der Waals surface area contributed by atoms with Crippen LogP contribution in [-0.4, -0.2) is 9.46 Å². The standard InChI is InChI=1S/C10H11BrFNOS/c11-9-6-8(4-5-10(9)12)15(13,14)7-2-1-3-7/h4-7,13H,1-3H2/t15-/m0/s1. The summed E-state index contributed by atoms with van der Waals surface area (Å²) in [5, 5.41) is -0.0464. The second-order valence-corrected chi connectivity index (χ2v) is 6.92. The summed E-state index contributed by atoms with van der Waals surface area (Å²) < 4.78 is 33.3. The summed E-state index contributed by atoms with van der Waals surface area (Å²) in [6.07, 6.45) is 2.73. The molecule has 1 aliphatic carbocycles. The van der Waals surface area contributed by atoms with Crippen molar-refractivity contribution in [3.63, 3.8) is 0 Å². The number of benzene rings is 1. The van der Waals surface area contributed by atoms with Crippen molar-refractivity contribution in [3.8, 4) is 0 Å². The summed E-state index contributed by atoms with van der Waals surface area (Å²) in [4.78, 5) is 0.431. The fraction of sp³-hybridized carbons (Fsp3) is 0.400. The van der Waals surface area contributed by atoms with E-state index in [9.17, 15) is 8.60 Å². The molecule has 1 aliphatic rings. The monoisotopic (exact) mass is 291 g/mol. The van der Waals surface area contributed by atoms with Crippen LogP contribution in [0, 0.1) is 10.6 Å². The van der Waals surface area contributed by atoms with Gasteiger partial charge in [-0.15, -0.1) is 0 Å². The quantitative estimate of drug-likeness (QED) is 0.889. The minimum Gasteiger partial charge on any atom is -0.249 e. The summed E-state index contributed by atoms with van der Waals surface area (Å²) in [6.45, 7) is 0. The topological polar surface area (TPSA) is 40.9 Å². The Kier molecular flexibility index (Phi) is 2.85. The van der Waals surface area contributed by atoms with E-state index in [1.54, 1.807) is 0 Å². The summed E-state index contributed by atoms with van der Waals surface area (Å²) in [6, 6.07) is 4.17. The minimum absolute atomic E-state index is 0.0464. The predicted octanol–water partition coefficient (Wildman–Crippen LogP) is 3.55. The molecule has 1 aromatic rings. The van der Waals surface area contributed by atoms with E-state index in [4.69, 9.17) is 4.78 Å². The third-order valence-corrected chi connectivity index (χ3v) is 5.74. The third kappa shape index (κ3) is 1.95. The Morgan fingerprint density at radius 3 is 2.60 bits per heavy atom. The molecule has 1 fully saturated rings. The maximum Gasteiger partial charge on any atom is 0.137 e. The maximum absolute atomic E-state index is 13.0. The molecule has 2 rings (SSSR count). The van der Waals surface area contributed by atoms with E-state index in [2.05, 4.69) is 15.9 Å². The van der Waals surface area contributed by atoms with Gasteiger partial charge in [-0.05, 0) is 47.0 Å². The summed E-state index contributed by atoms with van der Waals surface area (Å²) >= 11 is 3.04. The van der Waals surface area contributed by atoms with Crippen LogP contribution in [0.3, 0.4) is 0 Å². The SMILES string of the molecule is N=[S@@](=O)(c1ccc(F)c(Br)c1)C1CCC1. The zero-order valence-corrected chi connectivity index (χ0v) is 10.4. The van der Waals surface area contributed by atoms with Gasteiger partial charge >= 0.3 is 0 Å². The first-order chi connectivity index (χ1) is 7.01. The van der Waals surface area contributed by atoms with Crippen LogP contribution in [0.1, 0.15) is 19.3 Å². The van der Waals surface area contributed by atoms with E-state index in [1.165, 1.54) is 18.2 Å². The van der Waals surface area contributed by atoms with Crippen molar-refractivity contribution in [2.75, 3.05) is 0 Å². The highest BCUT2D eigenvalue weighted by molar-refractivity contribution is 9.10. The van der Waals surface area contributed by atoms with Gasteiger partial charge in [0.15, 0.2) is 0 Å². The third-order valence-electron chi connectivity index (χ3n) is 2.76. The molecule has 0 unspecified atom stereocenters. The number of halogens is 2. The smallest absolute Gasteiger partial charge is 0.137 e. The molecule has 1 aromatic carbocycles. The lowest BCUT2D eigenvalue weighted by molar-refractivity contribution is 0.499. The first kappa shape index (κ1) is 11.1. The van der Waals surface area contributed by atoms with E-state index in [-0.39, 0.29) is 15.5 Å². The van der Waals surface area contributed by atoms with Gasteiger partial charge in [0.1, 0.15) is 5.82 Å². The van der Waals surface area contributed by atoms with Crippen molar-refractivity contribution in [3.05, 3.63) is 28.5 Å². The Hall–Kier alpha value is -0.420. The summed E-state index contributed by atoms with van der Waals surface area (Å²) in [7, 11) is -2.74. The van der Waals surface area contributed by atoms with Gasteiger partial charge < -0.3 is 0 Å². The van der Waals surface area contributed by atoms with Crippen LogP contribution in [-0.2, 0) is 9.73 Å². The molecule has 0 spiro atoms. The van der Waals surface area contributed by atoms with E-state index in [0.29, 0.717) is 4.90 Å². The Labute approximate surface area is 97.0 Å². The van der Waals surface area contributed by atoms with Gasteiger partial charge in [0, 0.05) is 10.1 Å². The average Bonchev–Trinajstić information content (AvgIpc) is 2.05.